The predicted molar refractivity (Wildman–Crippen MR) is 75.3 cm³/mol. The summed E-state index contributed by atoms with van der Waals surface area (Å²) in [5.41, 5.74) is 0.0216. The lowest BCUT2D eigenvalue weighted by Crippen LogP contribution is -2.10. The Morgan fingerprint density at radius 2 is 1.60 bits per heavy atom. The van der Waals surface area contributed by atoms with Gasteiger partial charge in [0.2, 0.25) is 9.05 Å². The third-order valence-electron chi connectivity index (χ3n) is 2.35. The largest absolute Gasteiger partial charge is 0.250 e. The summed E-state index contributed by atoms with van der Waals surface area (Å²) in [6.07, 6.45) is -0.133. The molecule has 0 aromatic heterocycles. The highest BCUT2D eigenvalue weighted by Crippen LogP contribution is 2.31. The minimum absolute atomic E-state index is 0.0500. The van der Waals surface area contributed by atoms with Gasteiger partial charge in [-0.1, -0.05) is 12.1 Å². The molecule has 1 aromatic carbocycles. The van der Waals surface area contributed by atoms with Crippen LogP contribution in [0, 0.1) is 13.1 Å². The number of hydrogen-bond donors (Lipinski definition) is 0. The second-order valence-corrected chi connectivity index (χ2v) is 8.80. The summed E-state index contributed by atoms with van der Waals surface area (Å²) in [4.78, 5) is 6.09. The van der Waals surface area contributed by atoms with Gasteiger partial charge in [0, 0.05) is 10.7 Å². The smallest absolute Gasteiger partial charge is 0.232 e. The summed E-state index contributed by atoms with van der Waals surface area (Å²) < 4.78 is 45.4. The van der Waals surface area contributed by atoms with E-state index in [1.54, 1.807) is 0 Å². The molecule has 0 aliphatic heterocycles. The summed E-state index contributed by atoms with van der Waals surface area (Å²) in [5.74, 6) is -0.836. The lowest BCUT2D eigenvalue weighted by molar-refractivity contribution is 0.593. The highest BCUT2D eigenvalue weighted by atomic mass is 35.7. The zero-order valence-corrected chi connectivity index (χ0v) is 12.5. The number of rotatable bonds is 5. The molecule has 0 bridgehead atoms. The van der Waals surface area contributed by atoms with E-state index >= 15 is 0 Å². The lowest BCUT2D eigenvalue weighted by atomic mass is 10.3. The van der Waals surface area contributed by atoms with Crippen molar-refractivity contribution in [3.05, 3.63) is 41.0 Å². The van der Waals surface area contributed by atoms with Crippen molar-refractivity contribution in [1.29, 1.82) is 0 Å². The standard InChI is InChI=1S/C11H9ClN2O4S2/c1-13-10-5-4-9(8-11(10)14-2)19(15,16)6-3-7-20(12,17)18/h4-5,8H,3,6-7H2. The van der Waals surface area contributed by atoms with E-state index in [1.165, 1.54) is 12.1 Å². The van der Waals surface area contributed by atoms with E-state index in [-0.39, 0.29) is 22.7 Å². The van der Waals surface area contributed by atoms with Gasteiger partial charge in [0.05, 0.1) is 29.5 Å². The van der Waals surface area contributed by atoms with Crippen molar-refractivity contribution in [2.75, 3.05) is 11.5 Å². The van der Waals surface area contributed by atoms with E-state index in [4.69, 9.17) is 23.8 Å². The Morgan fingerprint density at radius 1 is 1.00 bits per heavy atom. The van der Waals surface area contributed by atoms with E-state index in [9.17, 15) is 16.8 Å². The monoisotopic (exact) mass is 332 g/mol. The van der Waals surface area contributed by atoms with Crippen molar-refractivity contribution < 1.29 is 16.8 Å². The quantitative estimate of drug-likeness (QED) is 0.613. The molecular weight excluding hydrogens is 324 g/mol. The Kier molecular flexibility index (Phi) is 5.12. The maximum Gasteiger partial charge on any atom is 0.232 e. The van der Waals surface area contributed by atoms with Crippen molar-refractivity contribution in [1.82, 2.24) is 0 Å². The maximum atomic E-state index is 12.0. The average Bonchev–Trinajstić information content (AvgIpc) is 2.36. The van der Waals surface area contributed by atoms with Crippen molar-refractivity contribution in [2.24, 2.45) is 0 Å². The van der Waals surface area contributed by atoms with Gasteiger partial charge in [-0.05, 0) is 12.5 Å². The van der Waals surface area contributed by atoms with Crippen molar-refractivity contribution in [3.63, 3.8) is 0 Å². The summed E-state index contributed by atoms with van der Waals surface area (Å²) in [6.45, 7) is 13.7. The minimum atomic E-state index is -3.73. The number of benzene rings is 1. The molecule has 6 nitrogen and oxygen atoms in total. The highest BCUT2D eigenvalue weighted by molar-refractivity contribution is 8.13. The van der Waals surface area contributed by atoms with Gasteiger partial charge < -0.3 is 0 Å². The Balaban J connectivity index is 3.00. The first-order chi connectivity index (χ1) is 9.19. The van der Waals surface area contributed by atoms with Crippen molar-refractivity contribution >= 4 is 40.9 Å². The van der Waals surface area contributed by atoms with Crippen molar-refractivity contribution in [2.45, 2.75) is 11.3 Å². The molecule has 0 aliphatic carbocycles. The normalized spacial score (nSPS) is 11.6. The fourth-order valence-electron chi connectivity index (χ4n) is 1.42. The summed E-state index contributed by atoms with van der Waals surface area (Å²) in [5, 5.41) is 0. The van der Waals surface area contributed by atoms with Gasteiger partial charge in [-0.2, -0.15) is 0 Å². The molecule has 0 heterocycles. The number of halogens is 1. The Labute approximate surface area is 122 Å². The van der Waals surface area contributed by atoms with Crippen LogP contribution in [0.5, 0.6) is 0 Å². The molecule has 9 heteroatoms. The molecule has 0 N–H and O–H groups in total. The van der Waals surface area contributed by atoms with Crippen LogP contribution in [0.15, 0.2) is 23.1 Å². The minimum Gasteiger partial charge on any atom is -0.250 e. The molecule has 0 saturated heterocycles. The predicted octanol–water partition coefficient (Wildman–Crippen LogP) is 2.52. The molecule has 0 fully saturated rings. The van der Waals surface area contributed by atoms with Gasteiger partial charge in [0.1, 0.15) is 0 Å². The maximum absolute atomic E-state index is 12.0. The zero-order chi connectivity index (χ0) is 15.4. The molecule has 0 unspecified atom stereocenters. The Morgan fingerprint density at radius 3 is 2.10 bits per heavy atom. The third-order valence-corrected chi connectivity index (χ3v) is 5.39. The average molecular weight is 333 g/mol. The number of nitrogens with zero attached hydrogens (tertiary/aromatic N) is 2. The van der Waals surface area contributed by atoms with Crippen molar-refractivity contribution in [3.8, 4) is 0 Å². The zero-order valence-electron chi connectivity index (χ0n) is 10.1. The first kappa shape index (κ1) is 16.4. The molecule has 20 heavy (non-hydrogen) atoms. The topological polar surface area (TPSA) is 77.0 Å². The Bertz CT molecular complexity index is 802. The molecule has 0 radical (unpaired) electrons. The second-order valence-electron chi connectivity index (χ2n) is 3.79. The van der Waals surface area contributed by atoms with Crippen LogP contribution in [0.3, 0.4) is 0 Å². The van der Waals surface area contributed by atoms with Crippen LogP contribution in [0.2, 0.25) is 0 Å². The van der Waals surface area contributed by atoms with Crippen LogP contribution >= 0.6 is 10.7 Å². The summed E-state index contributed by atoms with van der Waals surface area (Å²) in [6, 6.07) is 3.60. The van der Waals surface area contributed by atoms with Crippen LogP contribution in [0.4, 0.5) is 11.4 Å². The fraction of sp³-hybridized carbons (Fsp3) is 0.273. The Hall–Kier alpha value is -1.61. The molecule has 0 spiro atoms. The summed E-state index contributed by atoms with van der Waals surface area (Å²) in [7, 11) is -2.44. The highest BCUT2D eigenvalue weighted by Gasteiger charge is 2.17. The van der Waals surface area contributed by atoms with Gasteiger partial charge in [-0.15, -0.1) is 0 Å². The molecule has 106 valence electrons. The molecule has 1 rings (SSSR count). The van der Waals surface area contributed by atoms with Gasteiger partial charge >= 0.3 is 0 Å². The van der Waals surface area contributed by atoms with Gasteiger partial charge in [0.25, 0.3) is 0 Å². The molecule has 0 amide bonds. The lowest BCUT2D eigenvalue weighted by Gasteiger charge is -2.05. The molecule has 0 aliphatic rings. The van der Waals surface area contributed by atoms with E-state index < -0.39 is 30.4 Å². The molecule has 0 saturated carbocycles. The van der Waals surface area contributed by atoms with Crippen LogP contribution < -0.4 is 0 Å². The first-order valence-electron chi connectivity index (χ1n) is 5.23. The van der Waals surface area contributed by atoms with Gasteiger partial charge in [0.15, 0.2) is 21.2 Å². The van der Waals surface area contributed by atoms with Crippen LogP contribution in [0.25, 0.3) is 9.69 Å². The molecule has 0 atom stereocenters. The summed E-state index contributed by atoms with van der Waals surface area (Å²) >= 11 is 0. The molecular formula is C11H9ClN2O4S2. The second kappa shape index (κ2) is 6.23. The van der Waals surface area contributed by atoms with E-state index in [1.807, 2.05) is 0 Å². The fourth-order valence-corrected chi connectivity index (χ4v) is 3.75. The number of sulfone groups is 1. The van der Waals surface area contributed by atoms with Gasteiger partial charge in [-0.25, -0.2) is 16.8 Å². The van der Waals surface area contributed by atoms with E-state index in [2.05, 4.69) is 9.69 Å². The number of hydrogen-bond acceptors (Lipinski definition) is 4. The first-order valence-corrected chi connectivity index (χ1v) is 9.37. The van der Waals surface area contributed by atoms with Crippen LogP contribution in [0.1, 0.15) is 6.42 Å². The van der Waals surface area contributed by atoms with Gasteiger partial charge in [-0.3, -0.25) is 9.69 Å². The van der Waals surface area contributed by atoms with Crippen LogP contribution in [-0.2, 0) is 18.9 Å². The SMILES string of the molecule is [C-]#[N+]c1ccc(S(=O)(=O)CCCS(=O)(=O)Cl)cc1[N+]#[C-]. The third kappa shape index (κ3) is 4.49. The van der Waals surface area contributed by atoms with Crippen LogP contribution in [-0.4, -0.2) is 28.3 Å². The van der Waals surface area contributed by atoms with E-state index in [0.717, 1.165) is 6.07 Å². The van der Waals surface area contributed by atoms with E-state index in [0.29, 0.717) is 0 Å². The molecule has 1 aromatic rings.